The fourth-order valence-corrected chi connectivity index (χ4v) is 4.91. The van der Waals surface area contributed by atoms with Crippen LogP contribution in [0.2, 0.25) is 0 Å². The summed E-state index contributed by atoms with van der Waals surface area (Å²) < 4.78 is 47.7. The van der Waals surface area contributed by atoms with Crippen LogP contribution in [0.1, 0.15) is 56.0 Å². The van der Waals surface area contributed by atoms with Crippen molar-refractivity contribution in [1.82, 2.24) is 14.7 Å². The molecule has 0 radical (unpaired) electrons. The lowest BCUT2D eigenvalue weighted by atomic mass is 9.82. The van der Waals surface area contributed by atoms with Crippen molar-refractivity contribution in [2.24, 2.45) is 0 Å². The Morgan fingerprint density at radius 3 is 2.47 bits per heavy atom. The van der Waals surface area contributed by atoms with Crippen molar-refractivity contribution in [1.29, 1.82) is 0 Å². The van der Waals surface area contributed by atoms with Crippen LogP contribution in [0.4, 0.5) is 13.2 Å². The lowest BCUT2D eigenvalue weighted by molar-refractivity contribution is -0.131. The molecular formula is C28H30F3N3O2. The van der Waals surface area contributed by atoms with Crippen LogP contribution in [0.15, 0.2) is 48.8 Å². The summed E-state index contributed by atoms with van der Waals surface area (Å²) in [5.41, 5.74) is 1.89. The van der Waals surface area contributed by atoms with E-state index in [-0.39, 0.29) is 23.7 Å². The maximum Gasteiger partial charge on any atom is 0.328 e. The van der Waals surface area contributed by atoms with Gasteiger partial charge in [0.15, 0.2) is 0 Å². The zero-order valence-electron chi connectivity index (χ0n) is 20.8. The van der Waals surface area contributed by atoms with Gasteiger partial charge in [0.25, 0.3) is 0 Å². The Labute approximate surface area is 208 Å². The molecule has 1 aromatic heterocycles. The number of aryl methyl sites for hydroxylation is 1. The summed E-state index contributed by atoms with van der Waals surface area (Å²) in [4.78, 5) is 12.6. The maximum absolute atomic E-state index is 15.5. The molecule has 0 fully saturated rings. The van der Waals surface area contributed by atoms with Gasteiger partial charge in [-0.1, -0.05) is 18.2 Å². The smallest absolute Gasteiger partial charge is 0.328 e. The van der Waals surface area contributed by atoms with E-state index in [4.69, 9.17) is 5.11 Å². The summed E-state index contributed by atoms with van der Waals surface area (Å²) in [5.74, 6) is -2.83. The number of aromatic nitrogens is 2. The van der Waals surface area contributed by atoms with Crippen LogP contribution in [0.5, 0.6) is 0 Å². The lowest BCUT2D eigenvalue weighted by Crippen LogP contribution is -2.48. The topological polar surface area (TPSA) is 58.4 Å². The number of hydrogen-bond donors (Lipinski definition) is 1. The zero-order chi connectivity index (χ0) is 26.2. The van der Waals surface area contributed by atoms with Crippen LogP contribution in [0.3, 0.4) is 0 Å². The number of nitrogens with zero attached hydrogens (tertiary/aromatic N) is 3. The molecule has 2 atom stereocenters. The van der Waals surface area contributed by atoms with Crippen LogP contribution in [-0.4, -0.2) is 44.0 Å². The quantitative estimate of drug-likeness (QED) is 0.405. The van der Waals surface area contributed by atoms with Crippen molar-refractivity contribution in [2.75, 3.05) is 6.54 Å². The normalized spacial score (nSPS) is 18.5. The Morgan fingerprint density at radius 2 is 1.89 bits per heavy atom. The molecule has 4 rings (SSSR count). The van der Waals surface area contributed by atoms with Gasteiger partial charge in [-0.2, -0.15) is 5.10 Å². The van der Waals surface area contributed by atoms with Gasteiger partial charge in [-0.25, -0.2) is 18.0 Å². The molecule has 3 aromatic rings. The van der Waals surface area contributed by atoms with Crippen molar-refractivity contribution < 1.29 is 23.1 Å². The number of alkyl halides is 1. The van der Waals surface area contributed by atoms with E-state index in [2.05, 4.69) is 5.10 Å². The van der Waals surface area contributed by atoms with Crippen LogP contribution in [-0.2, 0) is 17.8 Å². The summed E-state index contributed by atoms with van der Waals surface area (Å²) in [6.07, 6.45) is 6.30. The number of carbonyl (C=O) groups is 1. The van der Waals surface area contributed by atoms with Crippen molar-refractivity contribution in [3.05, 3.63) is 82.7 Å². The van der Waals surface area contributed by atoms with Crippen molar-refractivity contribution in [3.63, 3.8) is 0 Å². The third-order valence-corrected chi connectivity index (χ3v) is 6.49. The Morgan fingerprint density at radius 1 is 1.19 bits per heavy atom. The molecule has 1 aliphatic heterocycles. The molecule has 0 saturated heterocycles. The van der Waals surface area contributed by atoms with Gasteiger partial charge in [-0.05, 0) is 74.6 Å². The molecule has 1 aliphatic rings. The highest BCUT2D eigenvalue weighted by atomic mass is 19.1. The number of carboxylic acid groups (broad SMARTS) is 1. The first-order valence-corrected chi connectivity index (χ1v) is 12.0. The average molecular weight is 498 g/mol. The second-order valence-corrected chi connectivity index (χ2v) is 9.91. The Bertz CT molecular complexity index is 1290. The third kappa shape index (κ3) is 5.38. The Balaban J connectivity index is 1.84. The molecule has 0 spiro atoms. The number of aliphatic carboxylic acids is 1. The van der Waals surface area contributed by atoms with E-state index >= 15 is 8.78 Å². The van der Waals surface area contributed by atoms with Gasteiger partial charge < -0.3 is 5.11 Å². The van der Waals surface area contributed by atoms with Crippen molar-refractivity contribution in [2.45, 2.75) is 58.4 Å². The summed E-state index contributed by atoms with van der Waals surface area (Å²) >= 11 is 0. The highest BCUT2D eigenvalue weighted by Crippen LogP contribution is 2.42. The number of carboxylic acids is 1. The van der Waals surface area contributed by atoms with Gasteiger partial charge in [0.2, 0.25) is 0 Å². The lowest BCUT2D eigenvalue weighted by Gasteiger charge is -2.44. The summed E-state index contributed by atoms with van der Waals surface area (Å²) in [7, 11) is 0. The number of rotatable bonds is 7. The van der Waals surface area contributed by atoms with Crippen LogP contribution < -0.4 is 0 Å². The minimum atomic E-state index is -1.59. The van der Waals surface area contributed by atoms with E-state index in [0.717, 1.165) is 53.1 Å². The van der Waals surface area contributed by atoms with Crippen molar-refractivity contribution >= 4 is 12.0 Å². The standard InChI is InChI=1S/C28H30F3N3O2/c1-5-33-15-21(14-32-33)19-7-8-22-20(13-19)10-17(2)34(16-28(3,4)31)27(22)26-23(29)11-18(12-24(26)30)6-9-25(35)36/h6-9,11-15,17,27H,5,10,16H2,1-4H3,(H,35,36)/b9-6+/t17-,27?/m1/s1. The number of hydrogen-bond acceptors (Lipinski definition) is 3. The Hall–Kier alpha value is -3.39. The molecule has 0 bridgehead atoms. The van der Waals surface area contributed by atoms with Crippen LogP contribution in [0.25, 0.3) is 17.2 Å². The van der Waals surface area contributed by atoms with Gasteiger partial charge in [0, 0.05) is 42.5 Å². The van der Waals surface area contributed by atoms with E-state index in [9.17, 15) is 9.18 Å². The van der Waals surface area contributed by atoms with E-state index in [1.54, 1.807) is 6.20 Å². The minimum absolute atomic E-state index is 0.0111. The number of halogens is 3. The van der Waals surface area contributed by atoms with Gasteiger partial charge in [-0.15, -0.1) is 0 Å². The second-order valence-electron chi connectivity index (χ2n) is 9.91. The molecule has 1 N–H and O–H groups in total. The molecule has 36 heavy (non-hydrogen) atoms. The zero-order valence-corrected chi connectivity index (χ0v) is 20.8. The van der Waals surface area contributed by atoms with E-state index in [0.29, 0.717) is 6.42 Å². The monoisotopic (exact) mass is 497 g/mol. The molecule has 190 valence electrons. The van der Waals surface area contributed by atoms with Crippen LogP contribution in [0, 0.1) is 11.6 Å². The van der Waals surface area contributed by atoms with Gasteiger partial charge >= 0.3 is 5.97 Å². The van der Waals surface area contributed by atoms with Gasteiger partial charge in [0.1, 0.15) is 17.3 Å². The summed E-state index contributed by atoms with van der Waals surface area (Å²) in [5, 5.41) is 13.2. The molecule has 5 nitrogen and oxygen atoms in total. The van der Waals surface area contributed by atoms with Gasteiger partial charge in [0.05, 0.1) is 12.2 Å². The largest absolute Gasteiger partial charge is 0.478 e. The SMILES string of the molecule is CCn1cc(-c2ccc3c(c2)C[C@@H](C)N(CC(C)(C)F)C3c2c(F)cc(/C=C/C(=O)O)cc2F)cn1. The molecule has 0 saturated carbocycles. The van der Waals surface area contributed by atoms with Crippen LogP contribution >= 0.6 is 0 Å². The summed E-state index contributed by atoms with van der Waals surface area (Å²) in [6.45, 7) is 7.57. The third-order valence-electron chi connectivity index (χ3n) is 6.49. The summed E-state index contributed by atoms with van der Waals surface area (Å²) in [6, 6.07) is 6.98. The molecule has 1 unspecified atom stereocenters. The van der Waals surface area contributed by atoms with E-state index in [1.807, 2.05) is 47.8 Å². The fourth-order valence-electron chi connectivity index (χ4n) is 4.91. The highest BCUT2D eigenvalue weighted by Gasteiger charge is 2.39. The predicted octanol–water partition coefficient (Wildman–Crippen LogP) is 6.03. The number of fused-ring (bicyclic) bond motifs is 1. The fraction of sp³-hybridized carbons (Fsp3) is 0.357. The molecular weight excluding hydrogens is 467 g/mol. The molecule has 2 aromatic carbocycles. The number of benzene rings is 2. The average Bonchev–Trinajstić information content (AvgIpc) is 3.27. The molecule has 0 amide bonds. The van der Waals surface area contributed by atoms with E-state index in [1.165, 1.54) is 13.8 Å². The molecule has 2 heterocycles. The minimum Gasteiger partial charge on any atom is -0.478 e. The Kier molecular flexibility index (Phi) is 7.09. The van der Waals surface area contributed by atoms with Gasteiger partial charge in [-0.3, -0.25) is 9.58 Å². The maximum atomic E-state index is 15.5. The highest BCUT2D eigenvalue weighted by molar-refractivity contribution is 5.85. The first-order chi connectivity index (χ1) is 17.0. The molecule has 0 aliphatic carbocycles. The molecule has 8 heteroatoms. The first-order valence-electron chi connectivity index (χ1n) is 12.0. The second kappa shape index (κ2) is 9.93. The predicted molar refractivity (Wildman–Crippen MR) is 133 cm³/mol. The van der Waals surface area contributed by atoms with Crippen molar-refractivity contribution in [3.8, 4) is 11.1 Å². The first kappa shape index (κ1) is 25.7. The van der Waals surface area contributed by atoms with E-state index < -0.39 is 29.3 Å².